The second kappa shape index (κ2) is 7.98. The lowest BCUT2D eigenvalue weighted by Crippen LogP contribution is -2.22. The van der Waals surface area contributed by atoms with Gasteiger partial charge < -0.3 is 5.32 Å². The van der Waals surface area contributed by atoms with Crippen LogP contribution < -0.4 is 5.32 Å². The van der Waals surface area contributed by atoms with E-state index in [1.54, 1.807) is 0 Å². The van der Waals surface area contributed by atoms with Crippen LogP contribution in [0.1, 0.15) is 19.4 Å². The summed E-state index contributed by atoms with van der Waals surface area (Å²) in [7, 11) is 0. The van der Waals surface area contributed by atoms with Crippen LogP contribution in [-0.4, -0.2) is 26.3 Å². The minimum atomic E-state index is -0.301. The monoisotopic (exact) mass is 352 g/mol. The molecule has 3 aromatic rings. The fraction of sp³-hybridized carbons (Fsp3) is 0.211. The first-order valence-electron chi connectivity index (χ1n) is 8.20. The fourth-order valence-corrected chi connectivity index (χ4v) is 3.03. The summed E-state index contributed by atoms with van der Waals surface area (Å²) in [6, 6.07) is 17.7. The normalized spacial score (nSPS) is 11.9. The first-order chi connectivity index (χ1) is 12.2. The van der Waals surface area contributed by atoms with Crippen LogP contribution in [0.4, 0.5) is 5.69 Å². The topological polar surface area (TPSA) is 70.7 Å². The van der Waals surface area contributed by atoms with Gasteiger partial charge in [-0.25, -0.2) is 4.98 Å². The molecule has 0 aliphatic rings. The molecule has 25 heavy (non-hydrogen) atoms. The maximum absolute atomic E-state index is 12.4. The van der Waals surface area contributed by atoms with Gasteiger partial charge in [0.25, 0.3) is 0 Å². The van der Waals surface area contributed by atoms with Crippen LogP contribution in [0.15, 0.2) is 59.8 Å². The van der Waals surface area contributed by atoms with Crippen LogP contribution in [0.3, 0.4) is 0 Å². The molecule has 3 rings (SSSR count). The van der Waals surface area contributed by atoms with E-state index in [9.17, 15) is 4.79 Å². The summed E-state index contributed by atoms with van der Waals surface area (Å²) in [5.41, 5.74) is 3.01. The Morgan fingerprint density at radius 3 is 2.56 bits per heavy atom. The van der Waals surface area contributed by atoms with E-state index in [2.05, 4.69) is 27.4 Å². The van der Waals surface area contributed by atoms with E-state index in [0.29, 0.717) is 11.0 Å². The highest BCUT2D eigenvalue weighted by Gasteiger charge is 2.17. The standard InChI is InChI=1S/C19H20N4OS/c1-3-14-9-11-16(12-10-14)20-18(24)13(2)25-19-21-17(22-23-19)15-7-5-4-6-8-15/h4-13H,3H2,1-2H3,(H,20,24)(H,21,22,23)/t13-/m1/s1. The van der Waals surface area contributed by atoms with Crippen molar-refractivity contribution >= 4 is 23.4 Å². The van der Waals surface area contributed by atoms with Crippen LogP contribution in [0.25, 0.3) is 11.4 Å². The number of benzene rings is 2. The zero-order chi connectivity index (χ0) is 17.6. The van der Waals surface area contributed by atoms with Gasteiger partial charge in [-0.3, -0.25) is 9.89 Å². The largest absolute Gasteiger partial charge is 0.325 e. The Morgan fingerprint density at radius 1 is 1.16 bits per heavy atom. The van der Waals surface area contributed by atoms with E-state index in [1.807, 2.05) is 61.5 Å². The number of carbonyl (C=O) groups excluding carboxylic acids is 1. The molecule has 0 spiro atoms. The maximum atomic E-state index is 12.4. The minimum Gasteiger partial charge on any atom is -0.325 e. The lowest BCUT2D eigenvalue weighted by atomic mass is 10.1. The van der Waals surface area contributed by atoms with Gasteiger partial charge in [0, 0.05) is 11.3 Å². The van der Waals surface area contributed by atoms with E-state index >= 15 is 0 Å². The number of aromatic nitrogens is 3. The van der Waals surface area contributed by atoms with Gasteiger partial charge in [0.15, 0.2) is 5.82 Å². The van der Waals surface area contributed by atoms with E-state index in [-0.39, 0.29) is 11.2 Å². The maximum Gasteiger partial charge on any atom is 0.237 e. The molecule has 2 N–H and O–H groups in total. The van der Waals surface area contributed by atoms with E-state index < -0.39 is 0 Å². The van der Waals surface area contributed by atoms with Crippen molar-refractivity contribution in [3.63, 3.8) is 0 Å². The summed E-state index contributed by atoms with van der Waals surface area (Å²) < 4.78 is 0. The molecular weight excluding hydrogens is 332 g/mol. The van der Waals surface area contributed by atoms with Crippen molar-refractivity contribution in [2.45, 2.75) is 30.7 Å². The number of anilines is 1. The zero-order valence-electron chi connectivity index (χ0n) is 14.2. The number of hydrogen-bond acceptors (Lipinski definition) is 4. The van der Waals surface area contributed by atoms with Gasteiger partial charge in [-0.2, -0.15) is 0 Å². The lowest BCUT2D eigenvalue weighted by molar-refractivity contribution is -0.115. The van der Waals surface area contributed by atoms with Crippen molar-refractivity contribution in [1.82, 2.24) is 15.2 Å². The van der Waals surface area contributed by atoms with Gasteiger partial charge in [-0.05, 0) is 31.0 Å². The molecule has 0 radical (unpaired) electrons. The van der Waals surface area contributed by atoms with Crippen LogP contribution >= 0.6 is 11.8 Å². The van der Waals surface area contributed by atoms with E-state index in [1.165, 1.54) is 17.3 Å². The predicted molar refractivity (Wildman–Crippen MR) is 102 cm³/mol. The molecular formula is C19H20N4OS. The molecule has 0 saturated heterocycles. The Balaban J connectivity index is 1.60. The summed E-state index contributed by atoms with van der Waals surface area (Å²) in [4.78, 5) is 16.8. The summed E-state index contributed by atoms with van der Waals surface area (Å²) in [6.07, 6.45) is 0.981. The molecule has 5 nitrogen and oxygen atoms in total. The first kappa shape index (κ1) is 17.2. The van der Waals surface area contributed by atoms with Crippen molar-refractivity contribution in [2.75, 3.05) is 5.32 Å². The third kappa shape index (κ3) is 4.48. The Bertz CT molecular complexity index is 830. The molecule has 0 unspecified atom stereocenters. The third-order valence-corrected chi connectivity index (χ3v) is 4.75. The van der Waals surface area contributed by atoms with Gasteiger partial charge in [-0.1, -0.05) is 61.2 Å². The number of nitrogens with one attached hydrogen (secondary N) is 2. The predicted octanol–water partition coefficient (Wildman–Crippen LogP) is 4.15. The quantitative estimate of drug-likeness (QED) is 0.654. The second-order valence-electron chi connectivity index (χ2n) is 5.63. The van der Waals surface area contributed by atoms with Crippen LogP contribution in [0.5, 0.6) is 0 Å². The van der Waals surface area contributed by atoms with Gasteiger partial charge >= 0.3 is 0 Å². The third-order valence-electron chi connectivity index (χ3n) is 3.79. The van der Waals surface area contributed by atoms with E-state index in [4.69, 9.17) is 0 Å². The molecule has 0 aliphatic carbocycles. The number of thioether (sulfide) groups is 1. The summed E-state index contributed by atoms with van der Waals surface area (Å²) in [5.74, 6) is 0.631. The summed E-state index contributed by atoms with van der Waals surface area (Å²) >= 11 is 1.33. The summed E-state index contributed by atoms with van der Waals surface area (Å²) in [5, 5.41) is 10.3. The number of amides is 1. The van der Waals surface area contributed by atoms with Gasteiger partial charge in [0.05, 0.1) is 5.25 Å². The van der Waals surface area contributed by atoms with Crippen molar-refractivity contribution in [3.05, 3.63) is 60.2 Å². The molecule has 2 aromatic carbocycles. The highest BCUT2D eigenvalue weighted by molar-refractivity contribution is 8.00. The number of rotatable bonds is 6. The Kier molecular flexibility index (Phi) is 5.50. The Hall–Kier alpha value is -2.60. The summed E-state index contributed by atoms with van der Waals surface area (Å²) in [6.45, 7) is 3.95. The molecule has 1 amide bonds. The smallest absolute Gasteiger partial charge is 0.237 e. The number of carbonyl (C=O) groups is 1. The Labute approximate surface area is 151 Å². The van der Waals surface area contributed by atoms with Crippen molar-refractivity contribution in [1.29, 1.82) is 0 Å². The first-order valence-corrected chi connectivity index (χ1v) is 9.08. The van der Waals surface area contributed by atoms with Crippen LogP contribution in [-0.2, 0) is 11.2 Å². The number of H-pyrrole nitrogens is 1. The molecule has 0 saturated carbocycles. The lowest BCUT2D eigenvalue weighted by Gasteiger charge is -2.10. The molecule has 1 heterocycles. The van der Waals surface area contributed by atoms with Gasteiger partial charge in [0.2, 0.25) is 11.1 Å². The highest BCUT2D eigenvalue weighted by Crippen LogP contribution is 2.23. The number of hydrogen-bond donors (Lipinski definition) is 2. The van der Waals surface area contributed by atoms with E-state index in [0.717, 1.165) is 17.7 Å². The second-order valence-corrected chi connectivity index (χ2v) is 6.94. The van der Waals surface area contributed by atoms with Crippen molar-refractivity contribution < 1.29 is 4.79 Å². The zero-order valence-corrected chi connectivity index (χ0v) is 15.0. The van der Waals surface area contributed by atoms with Crippen molar-refractivity contribution in [2.24, 2.45) is 0 Å². The molecule has 0 bridgehead atoms. The number of aryl methyl sites for hydroxylation is 1. The number of nitrogens with zero attached hydrogens (tertiary/aromatic N) is 2. The van der Waals surface area contributed by atoms with Crippen LogP contribution in [0, 0.1) is 0 Å². The minimum absolute atomic E-state index is 0.0692. The molecule has 0 fully saturated rings. The molecule has 6 heteroatoms. The fourth-order valence-electron chi connectivity index (χ4n) is 2.30. The highest BCUT2D eigenvalue weighted by atomic mass is 32.2. The number of aromatic amines is 1. The molecule has 1 aromatic heterocycles. The molecule has 0 aliphatic heterocycles. The average Bonchev–Trinajstić information content (AvgIpc) is 3.11. The van der Waals surface area contributed by atoms with Gasteiger partial charge in [0.1, 0.15) is 0 Å². The Morgan fingerprint density at radius 2 is 1.88 bits per heavy atom. The van der Waals surface area contributed by atoms with Gasteiger partial charge in [-0.15, -0.1) is 5.10 Å². The molecule has 128 valence electrons. The van der Waals surface area contributed by atoms with Crippen molar-refractivity contribution in [3.8, 4) is 11.4 Å². The average molecular weight is 352 g/mol. The van der Waals surface area contributed by atoms with Crippen LogP contribution in [0.2, 0.25) is 0 Å². The SMILES string of the molecule is CCc1ccc(NC(=O)[C@@H](C)Sc2n[nH]c(-c3ccccc3)n2)cc1. The molecule has 1 atom stereocenters.